The van der Waals surface area contributed by atoms with Gasteiger partial charge in [-0.05, 0) is 23.3 Å². The van der Waals surface area contributed by atoms with Gasteiger partial charge in [-0.1, -0.05) is 72.8 Å². The van der Waals surface area contributed by atoms with Crippen LogP contribution in [-0.4, -0.2) is 15.0 Å². The number of hydrogen-bond donors (Lipinski definition) is 1. The highest BCUT2D eigenvalue weighted by atomic mass is 16.2. The van der Waals surface area contributed by atoms with Crippen LogP contribution in [0.15, 0.2) is 89.7 Å². The van der Waals surface area contributed by atoms with Gasteiger partial charge < -0.3 is 5.32 Å². The third-order valence-electron chi connectivity index (χ3n) is 4.92. The van der Waals surface area contributed by atoms with Gasteiger partial charge in [-0.3, -0.25) is 13.9 Å². The molecule has 1 aromatic heterocycles. The predicted octanol–water partition coefficient (Wildman–Crippen LogP) is 3.25. The van der Waals surface area contributed by atoms with E-state index in [0.29, 0.717) is 0 Å². The molecule has 28 heavy (non-hydrogen) atoms. The zero-order valence-electron chi connectivity index (χ0n) is 15.6. The van der Waals surface area contributed by atoms with Crippen molar-refractivity contribution in [2.75, 3.05) is 0 Å². The number of rotatable bonds is 5. The molecule has 4 rings (SSSR count). The van der Waals surface area contributed by atoms with E-state index in [9.17, 15) is 9.59 Å². The molecule has 1 N–H and O–H groups in total. The summed E-state index contributed by atoms with van der Waals surface area (Å²) in [5, 5.41) is 3.09. The van der Waals surface area contributed by atoms with Crippen LogP contribution < -0.4 is 11.0 Å². The van der Waals surface area contributed by atoms with E-state index in [4.69, 9.17) is 0 Å². The molecule has 5 nitrogen and oxygen atoms in total. The number of aryl methyl sites for hydroxylation is 1. The van der Waals surface area contributed by atoms with Crippen LogP contribution >= 0.6 is 0 Å². The molecule has 3 aromatic carbocycles. The van der Waals surface area contributed by atoms with Gasteiger partial charge in [0.05, 0.1) is 17.1 Å². The molecular formula is C23H21N3O2. The third kappa shape index (κ3) is 3.34. The number of imidazole rings is 1. The lowest BCUT2D eigenvalue weighted by Gasteiger charge is -2.20. The first-order valence-electron chi connectivity index (χ1n) is 9.18. The largest absolute Gasteiger partial charge is 0.344 e. The van der Waals surface area contributed by atoms with Gasteiger partial charge in [0.25, 0.3) is 0 Å². The summed E-state index contributed by atoms with van der Waals surface area (Å²) in [7, 11) is 1.72. The van der Waals surface area contributed by atoms with Crippen molar-refractivity contribution in [1.29, 1.82) is 0 Å². The zero-order chi connectivity index (χ0) is 19.5. The molecule has 0 saturated heterocycles. The first kappa shape index (κ1) is 17.8. The fraction of sp³-hybridized carbons (Fsp3) is 0.130. The van der Waals surface area contributed by atoms with E-state index in [1.807, 2.05) is 84.9 Å². The predicted molar refractivity (Wildman–Crippen MR) is 110 cm³/mol. The Morgan fingerprint density at radius 1 is 0.821 bits per heavy atom. The van der Waals surface area contributed by atoms with E-state index in [2.05, 4.69) is 5.32 Å². The van der Waals surface area contributed by atoms with Gasteiger partial charge in [0.15, 0.2) is 0 Å². The number of carbonyl (C=O) groups excluding carboxylic acids is 1. The molecular weight excluding hydrogens is 350 g/mol. The van der Waals surface area contributed by atoms with Gasteiger partial charge in [-0.15, -0.1) is 0 Å². The Kier molecular flexibility index (Phi) is 4.81. The molecule has 140 valence electrons. The number of aromatic nitrogens is 2. The van der Waals surface area contributed by atoms with Crippen LogP contribution in [0.3, 0.4) is 0 Å². The van der Waals surface area contributed by atoms with Crippen molar-refractivity contribution < 1.29 is 4.79 Å². The van der Waals surface area contributed by atoms with Crippen LogP contribution in [0.1, 0.15) is 17.2 Å². The lowest BCUT2D eigenvalue weighted by molar-refractivity contribution is -0.122. The number of benzene rings is 3. The minimum Gasteiger partial charge on any atom is -0.344 e. The van der Waals surface area contributed by atoms with Gasteiger partial charge in [0.2, 0.25) is 5.91 Å². The number of hydrogen-bond acceptors (Lipinski definition) is 2. The van der Waals surface area contributed by atoms with Crippen molar-refractivity contribution in [3.05, 3.63) is 107 Å². The summed E-state index contributed by atoms with van der Waals surface area (Å²) in [5.41, 5.74) is 3.34. The lowest BCUT2D eigenvalue weighted by atomic mass is 9.99. The third-order valence-corrected chi connectivity index (χ3v) is 4.92. The Hall–Kier alpha value is -3.60. The second-order valence-corrected chi connectivity index (χ2v) is 6.74. The SMILES string of the molecule is Cn1c(=O)n(CC(=O)NC(c2ccccc2)c2ccccc2)c2ccccc21. The first-order chi connectivity index (χ1) is 13.6. The minimum atomic E-state index is -0.277. The average Bonchev–Trinajstić information content (AvgIpc) is 2.98. The van der Waals surface area contributed by atoms with E-state index in [1.54, 1.807) is 11.6 Å². The molecule has 0 unspecified atom stereocenters. The molecule has 1 amide bonds. The maximum atomic E-state index is 12.9. The highest BCUT2D eigenvalue weighted by Gasteiger charge is 2.19. The van der Waals surface area contributed by atoms with Crippen molar-refractivity contribution >= 4 is 16.9 Å². The van der Waals surface area contributed by atoms with Crippen LogP contribution in [0, 0.1) is 0 Å². The summed E-state index contributed by atoms with van der Waals surface area (Å²) in [6.07, 6.45) is 0. The Labute approximate surface area is 162 Å². The van der Waals surface area contributed by atoms with Gasteiger partial charge in [0.1, 0.15) is 6.54 Å². The highest BCUT2D eigenvalue weighted by molar-refractivity contribution is 5.81. The normalized spacial score (nSPS) is 11.1. The summed E-state index contributed by atoms with van der Waals surface area (Å²) >= 11 is 0. The molecule has 1 heterocycles. The molecule has 0 radical (unpaired) electrons. The molecule has 0 aliphatic heterocycles. The summed E-state index contributed by atoms with van der Waals surface area (Å²) in [4.78, 5) is 25.5. The zero-order valence-corrected chi connectivity index (χ0v) is 15.6. The molecule has 0 atom stereocenters. The summed E-state index contributed by atoms with van der Waals surface area (Å²) in [6.45, 7) is -0.0314. The summed E-state index contributed by atoms with van der Waals surface area (Å²) in [6, 6.07) is 26.9. The van der Waals surface area contributed by atoms with Crippen molar-refractivity contribution in [1.82, 2.24) is 14.5 Å². The van der Waals surface area contributed by atoms with Gasteiger partial charge in [0, 0.05) is 7.05 Å². The maximum Gasteiger partial charge on any atom is 0.329 e. The molecule has 0 fully saturated rings. The Bertz CT molecular complexity index is 1120. The average molecular weight is 371 g/mol. The summed E-state index contributed by atoms with van der Waals surface area (Å²) < 4.78 is 3.08. The Morgan fingerprint density at radius 3 is 1.89 bits per heavy atom. The van der Waals surface area contributed by atoms with Gasteiger partial charge in [-0.25, -0.2) is 4.79 Å². The lowest BCUT2D eigenvalue weighted by Crippen LogP contribution is -2.35. The van der Waals surface area contributed by atoms with Crippen LogP contribution in [0.2, 0.25) is 0 Å². The second-order valence-electron chi connectivity index (χ2n) is 6.74. The standard InChI is InChI=1S/C23H21N3O2/c1-25-19-14-8-9-15-20(19)26(23(25)28)16-21(27)24-22(17-10-4-2-5-11-17)18-12-6-3-7-13-18/h2-15,22H,16H2,1H3,(H,24,27). The number of carbonyl (C=O) groups is 1. The number of nitrogens with zero attached hydrogens (tertiary/aromatic N) is 2. The number of nitrogens with one attached hydrogen (secondary N) is 1. The monoisotopic (exact) mass is 371 g/mol. The molecule has 4 aromatic rings. The first-order valence-corrected chi connectivity index (χ1v) is 9.18. The smallest absolute Gasteiger partial charge is 0.329 e. The quantitative estimate of drug-likeness (QED) is 0.585. The number of amides is 1. The molecule has 0 saturated carbocycles. The van der Waals surface area contributed by atoms with E-state index < -0.39 is 0 Å². The highest BCUT2D eigenvalue weighted by Crippen LogP contribution is 2.22. The van der Waals surface area contributed by atoms with E-state index in [0.717, 1.165) is 22.2 Å². The van der Waals surface area contributed by atoms with Crippen LogP contribution in [0.5, 0.6) is 0 Å². The van der Waals surface area contributed by atoms with Crippen molar-refractivity contribution in [3.63, 3.8) is 0 Å². The maximum absolute atomic E-state index is 12.9. The molecule has 0 aliphatic carbocycles. The summed E-state index contributed by atoms with van der Waals surface area (Å²) in [5.74, 6) is -0.212. The molecule has 0 spiro atoms. The number of fused-ring (bicyclic) bond motifs is 1. The van der Waals surface area contributed by atoms with E-state index >= 15 is 0 Å². The van der Waals surface area contributed by atoms with E-state index in [-0.39, 0.29) is 24.2 Å². The Morgan fingerprint density at radius 2 is 1.32 bits per heavy atom. The van der Waals surface area contributed by atoms with Crippen LogP contribution in [0.25, 0.3) is 11.0 Å². The van der Waals surface area contributed by atoms with Crippen LogP contribution in [-0.2, 0) is 18.4 Å². The topological polar surface area (TPSA) is 56.0 Å². The fourth-order valence-corrected chi connectivity index (χ4v) is 3.52. The van der Waals surface area contributed by atoms with Crippen molar-refractivity contribution in [3.8, 4) is 0 Å². The number of para-hydroxylation sites is 2. The van der Waals surface area contributed by atoms with Crippen LogP contribution in [0.4, 0.5) is 0 Å². The molecule has 0 bridgehead atoms. The van der Waals surface area contributed by atoms with Crippen molar-refractivity contribution in [2.24, 2.45) is 7.05 Å². The van der Waals surface area contributed by atoms with E-state index in [1.165, 1.54) is 4.57 Å². The molecule has 5 heteroatoms. The van der Waals surface area contributed by atoms with Crippen molar-refractivity contribution in [2.45, 2.75) is 12.6 Å². The minimum absolute atomic E-state index is 0.0314. The second kappa shape index (κ2) is 7.56. The fourth-order valence-electron chi connectivity index (χ4n) is 3.52. The van der Waals surface area contributed by atoms with Gasteiger partial charge in [-0.2, -0.15) is 0 Å². The Balaban J connectivity index is 1.65. The van der Waals surface area contributed by atoms with Gasteiger partial charge >= 0.3 is 5.69 Å². The molecule has 0 aliphatic rings.